The fraction of sp³-hybridized carbons (Fsp3) is 0.588. The quantitative estimate of drug-likeness (QED) is 0.766. The number of anilines is 1. The van der Waals surface area contributed by atoms with Crippen molar-refractivity contribution in [1.82, 2.24) is 24.6 Å². The third-order valence-electron chi connectivity index (χ3n) is 4.70. The standard InChI is InChI=1S/C17H26N6O/c1-13-18-9-11-23(13)10-4-3-8-19-17(24)20-16-12-15(21-22(16)2)14-6-5-7-14/h9,11-12,14H,3-8,10H2,1-2H3,(H2,19,20,24). The first-order valence-electron chi connectivity index (χ1n) is 8.70. The fourth-order valence-electron chi connectivity index (χ4n) is 2.92. The van der Waals surface area contributed by atoms with Crippen LogP contribution in [-0.4, -0.2) is 31.9 Å². The fourth-order valence-corrected chi connectivity index (χ4v) is 2.92. The highest BCUT2D eigenvalue weighted by molar-refractivity contribution is 5.88. The van der Waals surface area contributed by atoms with Gasteiger partial charge >= 0.3 is 6.03 Å². The molecule has 2 heterocycles. The van der Waals surface area contributed by atoms with Crippen molar-refractivity contribution in [3.8, 4) is 0 Å². The normalized spacial score (nSPS) is 14.4. The Morgan fingerprint density at radius 3 is 2.88 bits per heavy atom. The first-order valence-corrected chi connectivity index (χ1v) is 8.70. The lowest BCUT2D eigenvalue weighted by atomic mass is 9.83. The second kappa shape index (κ2) is 7.51. The molecule has 3 rings (SSSR count). The van der Waals surface area contributed by atoms with Crippen molar-refractivity contribution < 1.29 is 4.79 Å². The third kappa shape index (κ3) is 3.96. The molecule has 0 saturated heterocycles. The molecule has 0 bridgehead atoms. The molecule has 2 aromatic heterocycles. The van der Waals surface area contributed by atoms with Gasteiger partial charge in [0.2, 0.25) is 0 Å². The first-order chi connectivity index (χ1) is 11.6. The number of unbranched alkanes of at least 4 members (excludes halogenated alkanes) is 1. The Kier molecular flexibility index (Phi) is 5.17. The van der Waals surface area contributed by atoms with E-state index in [9.17, 15) is 4.79 Å². The Hall–Kier alpha value is -2.31. The van der Waals surface area contributed by atoms with Gasteiger partial charge in [-0.2, -0.15) is 5.10 Å². The molecule has 0 aromatic carbocycles. The largest absolute Gasteiger partial charge is 0.338 e. The predicted molar refractivity (Wildman–Crippen MR) is 93.0 cm³/mol. The maximum absolute atomic E-state index is 12.0. The van der Waals surface area contributed by atoms with E-state index < -0.39 is 0 Å². The Labute approximate surface area is 142 Å². The predicted octanol–water partition coefficient (Wildman–Crippen LogP) is 2.79. The Balaban J connectivity index is 1.36. The summed E-state index contributed by atoms with van der Waals surface area (Å²) in [6, 6.07) is 1.82. The minimum atomic E-state index is -0.169. The molecule has 2 aromatic rings. The molecule has 0 unspecified atom stereocenters. The Morgan fingerprint density at radius 2 is 2.21 bits per heavy atom. The smallest absolute Gasteiger partial charge is 0.320 e. The minimum absolute atomic E-state index is 0.169. The van der Waals surface area contributed by atoms with Crippen molar-refractivity contribution in [1.29, 1.82) is 0 Å². The average molecular weight is 330 g/mol. The summed E-state index contributed by atoms with van der Waals surface area (Å²) >= 11 is 0. The number of carbonyl (C=O) groups excluding carboxylic acids is 1. The highest BCUT2D eigenvalue weighted by atomic mass is 16.2. The second-order valence-electron chi connectivity index (χ2n) is 6.46. The summed E-state index contributed by atoms with van der Waals surface area (Å²) < 4.78 is 3.87. The molecule has 2 N–H and O–H groups in total. The van der Waals surface area contributed by atoms with E-state index in [4.69, 9.17) is 0 Å². The van der Waals surface area contributed by atoms with E-state index in [1.54, 1.807) is 4.68 Å². The molecule has 130 valence electrons. The Bertz CT molecular complexity index is 685. The number of rotatable bonds is 7. The van der Waals surface area contributed by atoms with Gasteiger partial charge in [-0.1, -0.05) is 6.42 Å². The summed E-state index contributed by atoms with van der Waals surface area (Å²) in [4.78, 5) is 16.2. The van der Waals surface area contributed by atoms with Crippen LogP contribution in [0.5, 0.6) is 0 Å². The lowest BCUT2D eigenvalue weighted by molar-refractivity contribution is 0.251. The lowest BCUT2D eigenvalue weighted by Crippen LogP contribution is -2.30. The molecule has 1 fully saturated rings. The van der Waals surface area contributed by atoms with Crippen LogP contribution in [0.2, 0.25) is 0 Å². The van der Waals surface area contributed by atoms with Crippen LogP contribution in [0.1, 0.15) is 49.5 Å². The van der Waals surface area contributed by atoms with E-state index in [-0.39, 0.29) is 6.03 Å². The van der Waals surface area contributed by atoms with E-state index in [1.807, 2.05) is 32.4 Å². The zero-order valence-corrected chi connectivity index (χ0v) is 14.5. The molecule has 7 nitrogen and oxygen atoms in total. The van der Waals surface area contributed by atoms with Crippen molar-refractivity contribution in [2.75, 3.05) is 11.9 Å². The molecule has 1 aliphatic rings. The van der Waals surface area contributed by atoms with Gasteiger partial charge in [0.25, 0.3) is 0 Å². The molecule has 0 aliphatic heterocycles. The minimum Gasteiger partial charge on any atom is -0.338 e. The van der Waals surface area contributed by atoms with Gasteiger partial charge in [-0.05, 0) is 32.6 Å². The van der Waals surface area contributed by atoms with Gasteiger partial charge in [-0.25, -0.2) is 9.78 Å². The SMILES string of the molecule is Cc1nccn1CCCCNC(=O)Nc1cc(C2CCC2)nn1C. The number of imidazole rings is 1. The molecule has 0 spiro atoms. The maximum atomic E-state index is 12.0. The highest BCUT2D eigenvalue weighted by Gasteiger charge is 2.23. The van der Waals surface area contributed by atoms with E-state index in [0.29, 0.717) is 12.5 Å². The van der Waals surface area contributed by atoms with Gasteiger partial charge < -0.3 is 9.88 Å². The number of aromatic nitrogens is 4. The number of aryl methyl sites for hydroxylation is 3. The van der Waals surface area contributed by atoms with Crippen LogP contribution < -0.4 is 10.6 Å². The van der Waals surface area contributed by atoms with Gasteiger partial charge in [-0.3, -0.25) is 10.00 Å². The summed E-state index contributed by atoms with van der Waals surface area (Å²) in [5.74, 6) is 2.35. The van der Waals surface area contributed by atoms with Crippen LogP contribution in [0.4, 0.5) is 10.6 Å². The van der Waals surface area contributed by atoms with Crippen LogP contribution in [0.3, 0.4) is 0 Å². The molecular weight excluding hydrogens is 304 g/mol. The van der Waals surface area contributed by atoms with Gasteiger partial charge in [0, 0.05) is 44.5 Å². The van der Waals surface area contributed by atoms with Crippen LogP contribution >= 0.6 is 0 Å². The van der Waals surface area contributed by atoms with Crippen LogP contribution in [0.25, 0.3) is 0 Å². The van der Waals surface area contributed by atoms with Gasteiger partial charge in [-0.15, -0.1) is 0 Å². The number of hydrogen-bond donors (Lipinski definition) is 2. The van der Waals surface area contributed by atoms with Gasteiger partial charge in [0.05, 0.1) is 5.69 Å². The Morgan fingerprint density at radius 1 is 1.38 bits per heavy atom. The summed E-state index contributed by atoms with van der Waals surface area (Å²) in [6.07, 6.45) is 9.43. The second-order valence-corrected chi connectivity index (χ2v) is 6.46. The molecule has 1 aliphatic carbocycles. The number of urea groups is 1. The zero-order valence-electron chi connectivity index (χ0n) is 14.5. The van der Waals surface area contributed by atoms with Gasteiger partial charge in [0.15, 0.2) is 0 Å². The van der Waals surface area contributed by atoms with E-state index in [2.05, 4.69) is 25.3 Å². The van der Waals surface area contributed by atoms with Crippen molar-refractivity contribution in [2.24, 2.45) is 7.05 Å². The number of amides is 2. The number of hydrogen-bond acceptors (Lipinski definition) is 3. The van der Waals surface area contributed by atoms with E-state index >= 15 is 0 Å². The molecule has 0 atom stereocenters. The zero-order chi connectivity index (χ0) is 16.9. The molecule has 2 amide bonds. The summed E-state index contributed by atoms with van der Waals surface area (Å²) in [5, 5.41) is 10.3. The van der Waals surface area contributed by atoms with Crippen molar-refractivity contribution in [2.45, 2.75) is 51.5 Å². The van der Waals surface area contributed by atoms with Gasteiger partial charge in [0.1, 0.15) is 11.6 Å². The summed E-state index contributed by atoms with van der Waals surface area (Å²) in [6.45, 7) is 3.59. The molecule has 0 radical (unpaired) electrons. The van der Waals surface area contributed by atoms with Crippen LogP contribution in [0.15, 0.2) is 18.5 Å². The first kappa shape index (κ1) is 16.5. The topological polar surface area (TPSA) is 76.8 Å². The molecular formula is C17H26N6O. The number of carbonyl (C=O) groups is 1. The van der Waals surface area contributed by atoms with Crippen molar-refractivity contribution >= 4 is 11.8 Å². The highest BCUT2D eigenvalue weighted by Crippen LogP contribution is 2.36. The average Bonchev–Trinajstić information content (AvgIpc) is 3.04. The van der Waals surface area contributed by atoms with Crippen molar-refractivity contribution in [3.05, 3.63) is 30.0 Å². The molecule has 24 heavy (non-hydrogen) atoms. The van der Waals surface area contributed by atoms with Crippen molar-refractivity contribution in [3.63, 3.8) is 0 Å². The molecule has 7 heteroatoms. The van der Waals surface area contributed by atoms with E-state index in [0.717, 1.165) is 36.7 Å². The van der Waals surface area contributed by atoms with Crippen LogP contribution in [0, 0.1) is 6.92 Å². The third-order valence-corrected chi connectivity index (χ3v) is 4.70. The lowest BCUT2D eigenvalue weighted by Gasteiger charge is -2.22. The summed E-state index contributed by atoms with van der Waals surface area (Å²) in [7, 11) is 1.87. The van der Waals surface area contributed by atoms with Crippen LogP contribution in [-0.2, 0) is 13.6 Å². The van der Waals surface area contributed by atoms with E-state index in [1.165, 1.54) is 19.3 Å². The number of nitrogens with one attached hydrogen (secondary N) is 2. The monoisotopic (exact) mass is 330 g/mol. The maximum Gasteiger partial charge on any atom is 0.320 e. The number of nitrogens with zero attached hydrogens (tertiary/aromatic N) is 4. The summed E-state index contributed by atoms with van der Waals surface area (Å²) in [5.41, 5.74) is 1.09. The molecule has 1 saturated carbocycles.